The van der Waals surface area contributed by atoms with Crippen molar-refractivity contribution in [3.63, 3.8) is 0 Å². The Bertz CT molecular complexity index is 772. The fourth-order valence-corrected chi connectivity index (χ4v) is 3.21. The Labute approximate surface area is 158 Å². The zero-order valence-corrected chi connectivity index (χ0v) is 15.5. The molecule has 0 atom stereocenters. The summed E-state index contributed by atoms with van der Waals surface area (Å²) in [4.78, 5) is 29.0. The first-order valence-corrected chi connectivity index (χ1v) is 9.02. The Morgan fingerprint density at radius 3 is 2.26 bits per heavy atom. The smallest absolute Gasteiger partial charge is 0.269 e. The average Bonchev–Trinajstić information content (AvgIpc) is 2.69. The number of benzene rings is 2. The number of anilines is 1. The predicted octanol–water partition coefficient (Wildman–Crippen LogP) is 2.38. The van der Waals surface area contributed by atoms with Crippen molar-refractivity contribution in [2.75, 3.05) is 44.7 Å². The van der Waals surface area contributed by atoms with Crippen LogP contribution in [0.3, 0.4) is 0 Å². The van der Waals surface area contributed by atoms with Crippen molar-refractivity contribution < 1.29 is 9.72 Å². The van der Waals surface area contributed by atoms with Crippen LogP contribution >= 0.6 is 0 Å². The molecule has 0 aromatic heterocycles. The van der Waals surface area contributed by atoms with Crippen LogP contribution in [0.15, 0.2) is 54.6 Å². The molecule has 1 aliphatic rings. The molecule has 1 fully saturated rings. The molecule has 142 valence electrons. The van der Waals surface area contributed by atoms with Crippen molar-refractivity contribution in [2.45, 2.75) is 6.54 Å². The molecule has 0 unspecified atom stereocenters. The van der Waals surface area contributed by atoms with Gasteiger partial charge in [0, 0.05) is 57.6 Å². The predicted molar refractivity (Wildman–Crippen MR) is 105 cm³/mol. The molecule has 0 N–H and O–H groups in total. The molecule has 0 bridgehead atoms. The number of hydrogen-bond donors (Lipinski definition) is 0. The first kappa shape index (κ1) is 18.8. The van der Waals surface area contributed by atoms with Crippen molar-refractivity contribution in [1.29, 1.82) is 0 Å². The number of rotatable bonds is 6. The van der Waals surface area contributed by atoms with Crippen molar-refractivity contribution in [3.05, 3.63) is 70.3 Å². The lowest BCUT2D eigenvalue weighted by atomic mass is 10.2. The van der Waals surface area contributed by atoms with E-state index in [0.717, 1.165) is 37.4 Å². The number of hydrogen-bond acceptors (Lipinski definition) is 5. The zero-order chi connectivity index (χ0) is 19.2. The van der Waals surface area contributed by atoms with E-state index in [9.17, 15) is 14.9 Å². The van der Waals surface area contributed by atoms with Crippen LogP contribution in [-0.4, -0.2) is 60.4 Å². The second-order valence-corrected chi connectivity index (χ2v) is 6.77. The van der Waals surface area contributed by atoms with Crippen LogP contribution in [0.1, 0.15) is 5.56 Å². The summed E-state index contributed by atoms with van der Waals surface area (Å²) in [6, 6.07) is 16.6. The van der Waals surface area contributed by atoms with E-state index < -0.39 is 0 Å². The summed E-state index contributed by atoms with van der Waals surface area (Å²) in [5.41, 5.74) is 2.20. The summed E-state index contributed by atoms with van der Waals surface area (Å²) in [5, 5.41) is 10.8. The summed E-state index contributed by atoms with van der Waals surface area (Å²) < 4.78 is 0. The molecule has 0 aliphatic carbocycles. The third-order valence-electron chi connectivity index (χ3n) is 4.85. The van der Waals surface area contributed by atoms with Gasteiger partial charge in [0.05, 0.1) is 11.5 Å². The minimum atomic E-state index is -0.390. The van der Waals surface area contributed by atoms with Crippen LogP contribution in [0.2, 0.25) is 0 Å². The number of nitro groups is 1. The minimum absolute atomic E-state index is 0.101. The van der Waals surface area contributed by atoms with E-state index in [4.69, 9.17) is 0 Å². The van der Waals surface area contributed by atoms with Crippen LogP contribution in [0, 0.1) is 10.1 Å². The Hall–Kier alpha value is -2.93. The van der Waals surface area contributed by atoms with Gasteiger partial charge in [0.2, 0.25) is 5.91 Å². The first-order valence-electron chi connectivity index (χ1n) is 9.02. The third-order valence-corrected chi connectivity index (χ3v) is 4.85. The molecule has 27 heavy (non-hydrogen) atoms. The molecule has 1 heterocycles. The van der Waals surface area contributed by atoms with Gasteiger partial charge in [0.15, 0.2) is 0 Å². The topological polar surface area (TPSA) is 69.9 Å². The van der Waals surface area contributed by atoms with Crippen molar-refractivity contribution in [1.82, 2.24) is 9.80 Å². The van der Waals surface area contributed by atoms with E-state index in [2.05, 4.69) is 9.80 Å². The quantitative estimate of drug-likeness (QED) is 0.578. The second kappa shape index (κ2) is 8.64. The fourth-order valence-electron chi connectivity index (χ4n) is 3.21. The van der Waals surface area contributed by atoms with E-state index in [-0.39, 0.29) is 16.5 Å². The minimum Gasteiger partial charge on any atom is -0.369 e. The van der Waals surface area contributed by atoms with Crippen LogP contribution < -0.4 is 4.90 Å². The lowest BCUT2D eigenvalue weighted by Crippen LogP contribution is -2.49. The number of nitrogens with zero attached hydrogens (tertiary/aromatic N) is 4. The SMILES string of the molecule is CN(Cc1ccccc1)C(=O)CN1CCN(c2ccc([N+](=O)[O-])cc2)CC1. The maximum absolute atomic E-state index is 12.5. The van der Waals surface area contributed by atoms with Gasteiger partial charge >= 0.3 is 0 Å². The van der Waals surface area contributed by atoms with E-state index in [1.807, 2.05) is 37.4 Å². The van der Waals surface area contributed by atoms with Gasteiger partial charge in [-0.05, 0) is 17.7 Å². The van der Waals surface area contributed by atoms with Gasteiger partial charge in [-0.25, -0.2) is 0 Å². The summed E-state index contributed by atoms with van der Waals surface area (Å²) in [6.45, 7) is 4.21. The van der Waals surface area contributed by atoms with Crippen LogP contribution in [0.25, 0.3) is 0 Å². The Balaban J connectivity index is 1.47. The number of non-ortho nitro benzene ring substituents is 1. The highest BCUT2D eigenvalue weighted by Crippen LogP contribution is 2.20. The zero-order valence-electron chi connectivity index (χ0n) is 15.5. The van der Waals surface area contributed by atoms with E-state index >= 15 is 0 Å². The molecular formula is C20H24N4O3. The molecular weight excluding hydrogens is 344 g/mol. The highest BCUT2D eigenvalue weighted by atomic mass is 16.6. The Kier molecular flexibility index (Phi) is 6.03. The maximum atomic E-state index is 12.5. The van der Waals surface area contributed by atoms with Gasteiger partial charge in [-0.15, -0.1) is 0 Å². The molecule has 0 saturated carbocycles. The van der Waals surface area contributed by atoms with Gasteiger partial charge < -0.3 is 9.80 Å². The van der Waals surface area contributed by atoms with Gasteiger partial charge in [-0.1, -0.05) is 30.3 Å². The largest absolute Gasteiger partial charge is 0.369 e. The van der Waals surface area contributed by atoms with E-state index in [1.54, 1.807) is 17.0 Å². The molecule has 7 nitrogen and oxygen atoms in total. The number of carbonyl (C=O) groups is 1. The summed E-state index contributed by atoms with van der Waals surface area (Å²) in [7, 11) is 1.84. The van der Waals surface area contributed by atoms with Crippen molar-refractivity contribution in [3.8, 4) is 0 Å². The van der Waals surface area contributed by atoms with Gasteiger partial charge in [-0.3, -0.25) is 19.8 Å². The molecule has 0 radical (unpaired) electrons. The summed E-state index contributed by atoms with van der Waals surface area (Å²) >= 11 is 0. The average molecular weight is 368 g/mol. The van der Waals surface area contributed by atoms with E-state index in [1.165, 1.54) is 12.1 Å². The Morgan fingerprint density at radius 1 is 1.04 bits per heavy atom. The standard InChI is InChI=1S/C20H24N4O3/c1-21(15-17-5-3-2-4-6-17)20(25)16-22-11-13-23(14-12-22)18-7-9-19(10-8-18)24(26)27/h2-10H,11-16H2,1H3. The molecule has 3 rings (SSSR count). The lowest BCUT2D eigenvalue weighted by molar-refractivity contribution is -0.384. The number of piperazine rings is 1. The summed E-state index contributed by atoms with van der Waals surface area (Å²) in [6.07, 6.45) is 0. The van der Waals surface area contributed by atoms with Crippen LogP contribution in [0.4, 0.5) is 11.4 Å². The number of amides is 1. The van der Waals surface area contributed by atoms with Gasteiger partial charge in [0.1, 0.15) is 0 Å². The molecule has 2 aromatic rings. The number of nitro benzene ring substituents is 1. The molecule has 1 saturated heterocycles. The lowest BCUT2D eigenvalue weighted by Gasteiger charge is -2.36. The molecule has 1 amide bonds. The highest BCUT2D eigenvalue weighted by Gasteiger charge is 2.21. The molecule has 1 aliphatic heterocycles. The summed E-state index contributed by atoms with van der Waals surface area (Å²) in [5.74, 6) is 0.114. The van der Waals surface area contributed by atoms with Gasteiger partial charge in [0.25, 0.3) is 5.69 Å². The van der Waals surface area contributed by atoms with Crippen molar-refractivity contribution in [2.24, 2.45) is 0 Å². The van der Waals surface area contributed by atoms with Crippen LogP contribution in [-0.2, 0) is 11.3 Å². The highest BCUT2D eigenvalue weighted by molar-refractivity contribution is 5.78. The molecule has 2 aromatic carbocycles. The fraction of sp³-hybridized carbons (Fsp3) is 0.350. The molecule has 7 heteroatoms. The Morgan fingerprint density at radius 2 is 1.67 bits per heavy atom. The van der Waals surface area contributed by atoms with Gasteiger partial charge in [-0.2, -0.15) is 0 Å². The number of carbonyl (C=O) groups excluding carboxylic acids is 1. The van der Waals surface area contributed by atoms with Crippen LogP contribution in [0.5, 0.6) is 0 Å². The monoisotopic (exact) mass is 368 g/mol. The number of likely N-dealkylation sites (N-methyl/N-ethyl adjacent to an activating group) is 1. The maximum Gasteiger partial charge on any atom is 0.269 e. The molecule has 0 spiro atoms. The van der Waals surface area contributed by atoms with Crippen molar-refractivity contribution >= 4 is 17.3 Å². The third kappa shape index (κ3) is 5.04. The van der Waals surface area contributed by atoms with E-state index in [0.29, 0.717) is 13.1 Å². The second-order valence-electron chi connectivity index (χ2n) is 6.77. The normalized spacial score (nSPS) is 14.8. The first-order chi connectivity index (χ1) is 13.0.